The summed E-state index contributed by atoms with van der Waals surface area (Å²) in [6, 6.07) is 4.10. The zero-order valence-corrected chi connectivity index (χ0v) is 29.5. The summed E-state index contributed by atoms with van der Waals surface area (Å²) in [4.78, 5) is 10.9. The lowest BCUT2D eigenvalue weighted by molar-refractivity contribution is -0.136. The van der Waals surface area contributed by atoms with Crippen LogP contribution in [0.2, 0.25) is 0 Å². The summed E-state index contributed by atoms with van der Waals surface area (Å²) >= 11 is 0. The molecular weight excluding hydrogens is 536 g/mol. The van der Waals surface area contributed by atoms with E-state index in [9.17, 15) is 9.90 Å². The van der Waals surface area contributed by atoms with Gasteiger partial charge in [-0.25, -0.2) is 0 Å². The highest BCUT2D eigenvalue weighted by Crippen LogP contribution is 2.41. The van der Waals surface area contributed by atoms with Gasteiger partial charge in [0.2, 0.25) is 0 Å². The Kier molecular flexibility index (Phi) is 22.9. The number of carbonyl (C=O) groups is 1. The van der Waals surface area contributed by atoms with Gasteiger partial charge < -0.3 is 20.1 Å². The minimum atomic E-state index is -0.793. The maximum Gasteiger partial charge on any atom is 0.303 e. The number of benzene rings is 1. The van der Waals surface area contributed by atoms with Crippen LogP contribution in [-0.4, -0.2) is 40.6 Å². The van der Waals surface area contributed by atoms with E-state index in [1.54, 1.807) is 6.92 Å². The Morgan fingerprint density at radius 2 is 1.09 bits per heavy atom. The van der Waals surface area contributed by atoms with Gasteiger partial charge in [0.1, 0.15) is 12.4 Å². The number of unbranched alkanes of at least 4 members (excludes halogenated alkanes) is 15. The second kappa shape index (κ2) is 23.7. The molecule has 5 nitrogen and oxygen atoms in total. The molecule has 0 fully saturated rings. The number of carboxylic acid groups (broad SMARTS) is 1. The minimum absolute atomic E-state index is 0.112. The molecule has 0 radical (unpaired) electrons. The van der Waals surface area contributed by atoms with Crippen molar-refractivity contribution >= 4 is 5.97 Å². The van der Waals surface area contributed by atoms with Gasteiger partial charge in [-0.05, 0) is 36.2 Å². The van der Waals surface area contributed by atoms with Crippen molar-refractivity contribution in [2.45, 2.75) is 188 Å². The van der Waals surface area contributed by atoms with E-state index in [0.717, 1.165) is 28.9 Å². The van der Waals surface area contributed by atoms with E-state index in [-0.39, 0.29) is 23.9 Å². The molecule has 252 valence electrons. The Labute approximate surface area is 266 Å². The van der Waals surface area contributed by atoms with Crippen molar-refractivity contribution in [3.8, 4) is 5.75 Å². The van der Waals surface area contributed by atoms with E-state index < -0.39 is 12.1 Å². The van der Waals surface area contributed by atoms with Crippen molar-refractivity contribution in [1.82, 2.24) is 0 Å². The number of hydrogen-bond acceptors (Lipinski definition) is 4. The Bertz CT molecular complexity index is 781. The zero-order valence-electron chi connectivity index (χ0n) is 29.5. The zero-order chi connectivity index (χ0) is 32.7. The van der Waals surface area contributed by atoms with Gasteiger partial charge in [0, 0.05) is 24.2 Å². The van der Waals surface area contributed by atoms with Gasteiger partial charge in [-0.15, -0.1) is 0 Å². The molecule has 0 amide bonds. The standard InChI is InChI=1S/C20H32O4.C18H38O/c1-13(21)12-24-18-15(19(2,3)4)10-14(8-9-17(22)23)11-16(18)20(5,6)7;1-2-3-4-5-6-7-8-9-10-11-12-13-14-15-16-17-18-19/h10-11,13,21H,8-9,12H2,1-7H3,(H,22,23);19H,2-18H2,1H3. The minimum Gasteiger partial charge on any atom is -0.490 e. The monoisotopic (exact) mass is 607 g/mol. The maximum atomic E-state index is 10.9. The lowest BCUT2D eigenvalue weighted by Gasteiger charge is -2.31. The van der Waals surface area contributed by atoms with Crippen LogP contribution in [0.4, 0.5) is 0 Å². The third kappa shape index (κ3) is 21.7. The normalized spacial score (nSPS) is 12.5. The predicted molar refractivity (Wildman–Crippen MR) is 184 cm³/mol. The average molecular weight is 607 g/mol. The van der Waals surface area contributed by atoms with Crippen LogP contribution in [0.25, 0.3) is 0 Å². The molecular formula is C38H70O5. The van der Waals surface area contributed by atoms with Crippen molar-refractivity contribution in [2.75, 3.05) is 13.2 Å². The molecule has 0 heterocycles. The van der Waals surface area contributed by atoms with E-state index in [2.05, 4.69) is 60.6 Å². The van der Waals surface area contributed by atoms with E-state index in [4.69, 9.17) is 14.9 Å². The lowest BCUT2D eigenvalue weighted by Crippen LogP contribution is -2.23. The third-order valence-electron chi connectivity index (χ3n) is 7.87. The Balaban J connectivity index is 0.000000846. The molecule has 5 heteroatoms. The first-order valence-electron chi connectivity index (χ1n) is 17.5. The van der Waals surface area contributed by atoms with Gasteiger partial charge in [-0.2, -0.15) is 0 Å². The van der Waals surface area contributed by atoms with Gasteiger partial charge in [0.15, 0.2) is 0 Å². The first-order valence-corrected chi connectivity index (χ1v) is 17.5. The molecule has 1 unspecified atom stereocenters. The lowest BCUT2D eigenvalue weighted by atomic mass is 9.78. The van der Waals surface area contributed by atoms with E-state index in [1.807, 2.05) is 0 Å². The molecule has 1 atom stereocenters. The molecule has 43 heavy (non-hydrogen) atoms. The summed E-state index contributed by atoms with van der Waals surface area (Å²) in [5.74, 6) is 0.0222. The van der Waals surface area contributed by atoms with E-state index >= 15 is 0 Å². The van der Waals surface area contributed by atoms with Crippen LogP contribution in [0.3, 0.4) is 0 Å². The SMILES string of the molecule is CC(O)COc1c(C(C)(C)C)cc(CCC(=O)O)cc1C(C)(C)C.CCCCCCCCCCCCCCCCCCO. The summed E-state index contributed by atoms with van der Waals surface area (Å²) in [5, 5.41) is 27.3. The molecule has 0 saturated carbocycles. The second-order valence-electron chi connectivity index (χ2n) is 14.6. The number of aliphatic hydroxyl groups excluding tert-OH is 2. The fourth-order valence-electron chi connectivity index (χ4n) is 5.22. The summed E-state index contributed by atoms with van der Waals surface area (Å²) < 4.78 is 6.00. The van der Waals surface area contributed by atoms with Crippen molar-refractivity contribution in [1.29, 1.82) is 0 Å². The number of carboxylic acids is 1. The smallest absolute Gasteiger partial charge is 0.303 e. The molecule has 0 aromatic heterocycles. The Hall–Kier alpha value is -1.59. The third-order valence-corrected chi connectivity index (χ3v) is 7.87. The van der Waals surface area contributed by atoms with Crippen molar-refractivity contribution < 1.29 is 24.9 Å². The first kappa shape index (κ1) is 41.4. The summed E-state index contributed by atoms with van der Waals surface area (Å²) in [7, 11) is 0. The number of aryl methyl sites for hydroxylation is 1. The van der Waals surface area contributed by atoms with Gasteiger partial charge in [0.25, 0.3) is 0 Å². The number of ether oxygens (including phenoxy) is 1. The Morgan fingerprint density at radius 3 is 1.40 bits per heavy atom. The van der Waals surface area contributed by atoms with E-state index in [1.165, 1.54) is 96.3 Å². The molecule has 0 bridgehead atoms. The van der Waals surface area contributed by atoms with Crippen LogP contribution < -0.4 is 4.74 Å². The number of aliphatic carboxylic acids is 1. The highest BCUT2D eigenvalue weighted by atomic mass is 16.5. The number of rotatable bonds is 22. The van der Waals surface area contributed by atoms with Crippen LogP contribution in [0, 0.1) is 0 Å². The van der Waals surface area contributed by atoms with E-state index in [0.29, 0.717) is 13.0 Å². The molecule has 0 aliphatic heterocycles. The molecule has 1 aromatic rings. The predicted octanol–water partition coefficient (Wildman–Crippen LogP) is 10.3. The molecule has 0 saturated heterocycles. The maximum absolute atomic E-state index is 10.9. The highest BCUT2D eigenvalue weighted by molar-refractivity contribution is 5.67. The van der Waals surface area contributed by atoms with Gasteiger partial charge in [0.05, 0.1) is 6.10 Å². The molecule has 0 aliphatic rings. The molecule has 0 aliphatic carbocycles. The van der Waals surface area contributed by atoms with Gasteiger partial charge >= 0.3 is 5.97 Å². The molecule has 1 aromatic carbocycles. The van der Waals surface area contributed by atoms with Crippen molar-refractivity contribution in [3.05, 3.63) is 28.8 Å². The van der Waals surface area contributed by atoms with Crippen LogP contribution >= 0.6 is 0 Å². The van der Waals surface area contributed by atoms with Crippen molar-refractivity contribution in [3.63, 3.8) is 0 Å². The number of hydrogen-bond donors (Lipinski definition) is 3. The summed E-state index contributed by atoms with van der Waals surface area (Å²) in [6.45, 7) is 17.3. The number of aliphatic hydroxyl groups is 2. The largest absolute Gasteiger partial charge is 0.490 e. The van der Waals surface area contributed by atoms with Crippen LogP contribution in [0.5, 0.6) is 5.75 Å². The molecule has 3 N–H and O–H groups in total. The first-order chi connectivity index (χ1) is 20.2. The fourth-order valence-corrected chi connectivity index (χ4v) is 5.22. The van der Waals surface area contributed by atoms with Gasteiger partial charge in [-0.3, -0.25) is 4.79 Å². The Morgan fingerprint density at radius 1 is 0.721 bits per heavy atom. The van der Waals surface area contributed by atoms with Crippen molar-refractivity contribution in [2.24, 2.45) is 0 Å². The van der Waals surface area contributed by atoms with Crippen LogP contribution in [-0.2, 0) is 22.0 Å². The quantitative estimate of drug-likeness (QED) is 0.114. The molecule has 1 rings (SSSR count). The average Bonchev–Trinajstić information content (AvgIpc) is 2.92. The fraction of sp³-hybridized carbons (Fsp3) is 0.816. The summed E-state index contributed by atoms with van der Waals surface area (Å²) in [5.41, 5.74) is 2.82. The topological polar surface area (TPSA) is 87.0 Å². The van der Waals surface area contributed by atoms with Crippen LogP contribution in [0.1, 0.15) is 181 Å². The second-order valence-corrected chi connectivity index (χ2v) is 14.6. The molecule has 0 spiro atoms. The highest BCUT2D eigenvalue weighted by Gasteiger charge is 2.28. The van der Waals surface area contributed by atoms with Gasteiger partial charge in [-0.1, -0.05) is 157 Å². The van der Waals surface area contributed by atoms with Crippen LogP contribution in [0.15, 0.2) is 12.1 Å². The summed E-state index contributed by atoms with van der Waals surface area (Å²) in [6.07, 6.45) is 22.2.